The number of nitrogens with two attached hydrogens (primary N) is 1. The molecule has 0 saturated heterocycles. The zero-order chi connectivity index (χ0) is 8.43. The van der Waals surface area contributed by atoms with Crippen LogP contribution in [0.4, 0.5) is 5.82 Å². The third-order valence-corrected chi connectivity index (χ3v) is 1.44. The Balaban J connectivity index is 3.04. The minimum Gasteiger partial charge on any atom is -0.464 e. The first-order chi connectivity index (χ1) is 5.16. The number of esters is 1. The first-order valence-corrected chi connectivity index (χ1v) is 3.05. The van der Waals surface area contributed by atoms with Gasteiger partial charge in [-0.25, -0.2) is 4.79 Å². The second kappa shape index (κ2) is 2.61. The summed E-state index contributed by atoms with van der Waals surface area (Å²) < 4.78 is 4.46. The predicted octanol–water partition coefficient (Wildman–Crippen LogP) is 0.0869. The fraction of sp³-hybridized carbons (Fsp3) is 0.333. The summed E-state index contributed by atoms with van der Waals surface area (Å²) >= 11 is 0. The van der Waals surface area contributed by atoms with Gasteiger partial charge in [0, 0.05) is 5.56 Å². The van der Waals surface area contributed by atoms with Gasteiger partial charge in [0.05, 0.1) is 7.11 Å². The number of H-pyrrole nitrogens is 1. The average Bonchev–Trinajstić information content (AvgIpc) is 2.32. The molecule has 0 saturated carbocycles. The smallest absolute Gasteiger partial charge is 0.356 e. The Labute approximate surface area is 63.5 Å². The van der Waals surface area contributed by atoms with Crippen molar-refractivity contribution in [3.8, 4) is 0 Å². The zero-order valence-electron chi connectivity index (χ0n) is 6.34. The Morgan fingerprint density at radius 1 is 1.73 bits per heavy atom. The Morgan fingerprint density at radius 3 is 2.73 bits per heavy atom. The molecule has 5 nitrogen and oxygen atoms in total. The molecule has 0 amide bonds. The SMILES string of the molecule is COC(=O)c1[nH]nc(N)c1C. The minimum atomic E-state index is -0.452. The van der Waals surface area contributed by atoms with Crippen LogP contribution in [-0.2, 0) is 4.74 Å². The Morgan fingerprint density at radius 2 is 2.36 bits per heavy atom. The molecule has 0 aliphatic rings. The van der Waals surface area contributed by atoms with Crippen molar-refractivity contribution in [2.45, 2.75) is 6.92 Å². The highest BCUT2D eigenvalue weighted by Gasteiger charge is 2.13. The van der Waals surface area contributed by atoms with E-state index >= 15 is 0 Å². The summed E-state index contributed by atoms with van der Waals surface area (Å²) in [7, 11) is 1.30. The maximum atomic E-state index is 10.9. The average molecular weight is 155 g/mol. The van der Waals surface area contributed by atoms with Gasteiger partial charge in [0.15, 0.2) is 0 Å². The van der Waals surface area contributed by atoms with E-state index in [1.54, 1.807) is 6.92 Å². The number of nitrogens with one attached hydrogen (secondary N) is 1. The number of hydrogen-bond donors (Lipinski definition) is 2. The highest BCUT2D eigenvalue weighted by Crippen LogP contribution is 2.11. The molecule has 11 heavy (non-hydrogen) atoms. The van der Waals surface area contributed by atoms with Gasteiger partial charge in [-0.2, -0.15) is 5.10 Å². The number of methoxy groups -OCH3 is 1. The second-order valence-corrected chi connectivity index (χ2v) is 2.10. The van der Waals surface area contributed by atoms with E-state index < -0.39 is 5.97 Å². The Hall–Kier alpha value is -1.52. The molecule has 0 aliphatic carbocycles. The van der Waals surface area contributed by atoms with Gasteiger partial charge in [-0.3, -0.25) is 5.10 Å². The largest absolute Gasteiger partial charge is 0.464 e. The van der Waals surface area contributed by atoms with Crippen molar-refractivity contribution in [1.29, 1.82) is 0 Å². The van der Waals surface area contributed by atoms with E-state index in [4.69, 9.17) is 5.73 Å². The Bertz CT molecular complexity index is 279. The van der Waals surface area contributed by atoms with Gasteiger partial charge in [0.2, 0.25) is 0 Å². The maximum Gasteiger partial charge on any atom is 0.356 e. The van der Waals surface area contributed by atoms with Gasteiger partial charge in [-0.1, -0.05) is 0 Å². The number of nitrogens with zero attached hydrogens (tertiary/aromatic N) is 1. The van der Waals surface area contributed by atoms with Crippen LogP contribution in [0.1, 0.15) is 16.1 Å². The van der Waals surface area contributed by atoms with Crippen molar-refractivity contribution in [3.05, 3.63) is 11.3 Å². The number of ether oxygens (including phenoxy) is 1. The molecule has 0 unspecified atom stereocenters. The summed E-state index contributed by atoms with van der Waals surface area (Å²) in [6, 6.07) is 0. The van der Waals surface area contributed by atoms with Crippen LogP contribution in [-0.4, -0.2) is 23.3 Å². The second-order valence-electron chi connectivity index (χ2n) is 2.10. The molecule has 1 rings (SSSR count). The Kier molecular flexibility index (Phi) is 1.80. The monoisotopic (exact) mass is 155 g/mol. The molecule has 0 fully saturated rings. The third-order valence-electron chi connectivity index (χ3n) is 1.44. The first-order valence-electron chi connectivity index (χ1n) is 3.05. The van der Waals surface area contributed by atoms with Gasteiger partial charge in [-0.05, 0) is 6.92 Å². The molecule has 60 valence electrons. The van der Waals surface area contributed by atoms with Crippen molar-refractivity contribution in [3.63, 3.8) is 0 Å². The molecule has 0 radical (unpaired) electrons. The van der Waals surface area contributed by atoms with Gasteiger partial charge in [-0.15, -0.1) is 0 Å². The number of aromatic nitrogens is 2. The number of nitrogen functional groups attached to an aromatic ring is 1. The minimum absolute atomic E-state index is 0.310. The van der Waals surface area contributed by atoms with Crippen LogP contribution in [0.2, 0.25) is 0 Å². The van der Waals surface area contributed by atoms with Crippen LogP contribution in [0.3, 0.4) is 0 Å². The van der Waals surface area contributed by atoms with Crippen molar-refractivity contribution in [2.24, 2.45) is 0 Å². The lowest BCUT2D eigenvalue weighted by molar-refractivity contribution is 0.0593. The lowest BCUT2D eigenvalue weighted by atomic mass is 10.2. The molecular formula is C6H9N3O2. The molecule has 3 N–H and O–H groups in total. The van der Waals surface area contributed by atoms with Gasteiger partial charge >= 0.3 is 5.97 Å². The van der Waals surface area contributed by atoms with Crippen LogP contribution < -0.4 is 5.73 Å². The molecule has 1 heterocycles. The molecule has 0 aliphatic heterocycles. The van der Waals surface area contributed by atoms with Crippen LogP contribution >= 0.6 is 0 Å². The number of hydrogen-bond acceptors (Lipinski definition) is 4. The van der Waals surface area contributed by atoms with Crippen LogP contribution in [0.15, 0.2) is 0 Å². The summed E-state index contributed by atoms with van der Waals surface area (Å²) in [5, 5.41) is 6.11. The molecule has 1 aromatic rings. The fourth-order valence-corrected chi connectivity index (χ4v) is 0.713. The number of carbonyl (C=O) groups is 1. The summed E-state index contributed by atoms with van der Waals surface area (Å²) in [5.41, 5.74) is 6.32. The molecule has 1 aromatic heterocycles. The third kappa shape index (κ3) is 1.17. The number of anilines is 1. The highest BCUT2D eigenvalue weighted by molar-refractivity contribution is 5.89. The normalized spacial score (nSPS) is 9.64. The number of carbonyl (C=O) groups excluding carboxylic acids is 1. The molecule has 0 atom stereocenters. The topological polar surface area (TPSA) is 81.0 Å². The summed E-state index contributed by atoms with van der Waals surface area (Å²) in [4.78, 5) is 10.9. The van der Waals surface area contributed by atoms with E-state index in [2.05, 4.69) is 14.9 Å². The lowest BCUT2D eigenvalue weighted by Crippen LogP contribution is -2.03. The predicted molar refractivity (Wildman–Crippen MR) is 39.1 cm³/mol. The van der Waals surface area contributed by atoms with E-state index in [9.17, 15) is 4.79 Å². The van der Waals surface area contributed by atoms with Gasteiger partial charge in [0.1, 0.15) is 11.5 Å². The van der Waals surface area contributed by atoms with E-state index in [1.165, 1.54) is 7.11 Å². The zero-order valence-corrected chi connectivity index (χ0v) is 6.34. The quantitative estimate of drug-likeness (QED) is 0.563. The summed E-state index contributed by atoms with van der Waals surface area (Å²) in [6.45, 7) is 1.70. The van der Waals surface area contributed by atoms with Crippen LogP contribution in [0.5, 0.6) is 0 Å². The van der Waals surface area contributed by atoms with Crippen molar-refractivity contribution < 1.29 is 9.53 Å². The molecule has 0 bridgehead atoms. The van der Waals surface area contributed by atoms with E-state index in [-0.39, 0.29) is 0 Å². The molecule has 5 heteroatoms. The van der Waals surface area contributed by atoms with Crippen molar-refractivity contribution in [2.75, 3.05) is 12.8 Å². The van der Waals surface area contributed by atoms with Gasteiger partial charge < -0.3 is 10.5 Å². The maximum absolute atomic E-state index is 10.9. The van der Waals surface area contributed by atoms with E-state index in [0.29, 0.717) is 17.1 Å². The van der Waals surface area contributed by atoms with Crippen LogP contribution in [0, 0.1) is 6.92 Å². The number of aromatic amines is 1. The summed E-state index contributed by atoms with van der Waals surface area (Å²) in [5.74, 6) is -0.128. The molecule has 0 aromatic carbocycles. The lowest BCUT2D eigenvalue weighted by Gasteiger charge is -1.94. The van der Waals surface area contributed by atoms with Crippen molar-refractivity contribution in [1.82, 2.24) is 10.2 Å². The molecular weight excluding hydrogens is 146 g/mol. The molecule has 0 spiro atoms. The fourth-order valence-electron chi connectivity index (χ4n) is 0.713. The van der Waals surface area contributed by atoms with E-state index in [1.807, 2.05) is 0 Å². The summed E-state index contributed by atoms with van der Waals surface area (Å²) in [6.07, 6.45) is 0. The highest BCUT2D eigenvalue weighted by atomic mass is 16.5. The van der Waals surface area contributed by atoms with Crippen LogP contribution in [0.25, 0.3) is 0 Å². The van der Waals surface area contributed by atoms with Crippen molar-refractivity contribution >= 4 is 11.8 Å². The van der Waals surface area contributed by atoms with Gasteiger partial charge in [0.25, 0.3) is 0 Å². The first kappa shape index (κ1) is 7.59. The standard InChI is InChI=1S/C6H9N3O2/c1-3-4(6(10)11-2)8-9-5(3)7/h1-2H3,(H3,7,8,9). The van der Waals surface area contributed by atoms with E-state index in [0.717, 1.165) is 0 Å². The number of rotatable bonds is 1.